The highest BCUT2D eigenvalue weighted by Gasteiger charge is 2.26. The van der Waals surface area contributed by atoms with Crippen molar-refractivity contribution in [2.75, 3.05) is 0 Å². The minimum Gasteiger partial charge on any atom is -0.477 e. The van der Waals surface area contributed by atoms with E-state index >= 15 is 0 Å². The summed E-state index contributed by atoms with van der Waals surface area (Å²) in [7, 11) is 0. The molecule has 0 bridgehead atoms. The molecule has 2 aromatic heterocycles. The minimum atomic E-state index is -0.973. The number of fused-ring (bicyclic) bond motifs is 1. The molecular formula is C16H16N2O4S. The van der Waals surface area contributed by atoms with Crippen molar-refractivity contribution in [2.24, 2.45) is 0 Å². The molecule has 2 aromatic rings. The van der Waals surface area contributed by atoms with Gasteiger partial charge in [0, 0.05) is 22.6 Å². The summed E-state index contributed by atoms with van der Waals surface area (Å²) in [6.45, 7) is 2.04. The fraction of sp³-hybridized carbons (Fsp3) is 0.312. The fourth-order valence-corrected chi connectivity index (χ4v) is 3.63. The van der Waals surface area contributed by atoms with Gasteiger partial charge < -0.3 is 15.4 Å². The third kappa shape index (κ3) is 2.92. The molecule has 3 N–H and O–H groups in total. The average Bonchev–Trinajstić information content (AvgIpc) is 3.11. The second kappa shape index (κ2) is 6.00. The van der Waals surface area contributed by atoms with Crippen molar-refractivity contribution in [1.29, 1.82) is 0 Å². The van der Waals surface area contributed by atoms with E-state index in [1.54, 1.807) is 13.0 Å². The lowest BCUT2D eigenvalue weighted by molar-refractivity contribution is 0.0701. The summed E-state index contributed by atoms with van der Waals surface area (Å²) >= 11 is 1.13. The van der Waals surface area contributed by atoms with Gasteiger partial charge in [0.05, 0.1) is 6.54 Å². The van der Waals surface area contributed by atoms with Crippen molar-refractivity contribution in [3.63, 3.8) is 0 Å². The second-order valence-corrected chi connectivity index (χ2v) is 6.68. The van der Waals surface area contributed by atoms with Crippen molar-refractivity contribution in [3.05, 3.63) is 44.4 Å². The van der Waals surface area contributed by atoms with Gasteiger partial charge in [-0.2, -0.15) is 0 Å². The molecule has 3 rings (SSSR count). The Hall–Kier alpha value is -2.41. The molecule has 1 aliphatic rings. The molecule has 2 heterocycles. The maximum atomic E-state index is 12.3. The van der Waals surface area contributed by atoms with Crippen LogP contribution < -0.4 is 5.32 Å². The van der Waals surface area contributed by atoms with Crippen LogP contribution in [0.3, 0.4) is 0 Å². The van der Waals surface area contributed by atoms with Gasteiger partial charge in [-0.15, -0.1) is 11.3 Å². The Morgan fingerprint density at radius 1 is 1.35 bits per heavy atom. The van der Waals surface area contributed by atoms with Gasteiger partial charge in [0.2, 0.25) is 0 Å². The van der Waals surface area contributed by atoms with Crippen LogP contribution in [0.25, 0.3) is 0 Å². The lowest BCUT2D eigenvalue weighted by Crippen LogP contribution is -2.23. The molecule has 1 amide bonds. The molecule has 0 aromatic carbocycles. The predicted molar refractivity (Wildman–Crippen MR) is 85.2 cm³/mol. The van der Waals surface area contributed by atoms with E-state index in [4.69, 9.17) is 5.11 Å². The SMILES string of the molecule is Cc1c(C(=O)NCc2ccc(C(=O)O)s2)[nH]c2c1C(=O)CCC2. The molecule has 0 saturated heterocycles. The molecule has 23 heavy (non-hydrogen) atoms. The Kier molecular flexibility index (Phi) is 4.04. The van der Waals surface area contributed by atoms with Gasteiger partial charge in [-0.05, 0) is 37.5 Å². The molecule has 6 nitrogen and oxygen atoms in total. The van der Waals surface area contributed by atoms with E-state index in [1.165, 1.54) is 6.07 Å². The van der Waals surface area contributed by atoms with Crippen LogP contribution in [0.5, 0.6) is 0 Å². The first-order chi connectivity index (χ1) is 11.0. The Labute approximate surface area is 136 Å². The van der Waals surface area contributed by atoms with E-state index in [-0.39, 0.29) is 23.1 Å². The first kappa shape index (κ1) is 15.5. The number of thiophene rings is 1. The summed E-state index contributed by atoms with van der Waals surface area (Å²) in [5.74, 6) is -1.17. The first-order valence-electron chi connectivity index (χ1n) is 7.32. The number of rotatable bonds is 4. The highest BCUT2D eigenvalue weighted by molar-refractivity contribution is 7.13. The number of carboxylic acids is 1. The number of nitrogens with one attached hydrogen (secondary N) is 2. The number of aromatic amines is 1. The van der Waals surface area contributed by atoms with Crippen LogP contribution in [0.2, 0.25) is 0 Å². The van der Waals surface area contributed by atoms with Gasteiger partial charge in [0.1, 0.15) is 10.6 Å². The Bertz CT molecular complexity index is 803. The predicted octanol–water partition coefficient (Wildman–Crippen LogP) is 2.53. The third-order valence-electron chi connectivity index (χ3n) is 3.96. The number of hydrogen-bond acceptors (Lipinski definition) is 4. The molecule has 0 spiro atoms. The van der Waals surface area contributed by atoms with Crippen LogP contribution in [0.15, 0.2) is 12.1 Å². The molecular weight excluding hydrogens is 316 g/mol. The molecule has 1 aliphatic carbocycles. The minimum absolute atomic E-state index is 0.0865. The highest BCUT2D eigenvalue weighted by Crippen LogP contribution is 2.26. The van der Waals surface area contributed by atoms with E-state index in [0.717, 1.165) is 34.7 Å². The Morgan fingerprint density at radius 3 is 2.78 bits per heavy atom. The quantitative estimate of drug-likeness (QED) is 0.801. The summed E-state index contributed by atoms with van der Waals surface area (Å²) in [6.07, 6.45) is 2.11. The van der Waals surface area contributed by atoms with Crippen LogP contribution in [0.4, 0.5) is 0 Å². The van der Waals surface area contributed by atoms with Gasteiger partial charge in [0.25, 0.3) is 5.91 Å². The standard InChI is InChI=1S/C16H16N2O4S/c1-8-13-10(3-2-4-11(13)19)18-14(8)15(20)17-7-9-5-6-12(23-9)16(21)22/h5-6,18H,2-4,7H2,1H3,(H,17,20)(H,21,22). The molecule has 7 heteroatoms. The van der Waals surface area contributed by atoms with Gasteiger partial charge in [-0.3, -0.25) is 9.59 Å². The summed E-state index contributed by atoms with van der Waals surface area (Å²) in [6, 6.07) is 3.20. The number of carboxylic acid groups (broad SMARTS) is 1. The summed E-state index contributed by atoms with van der Waals surface area (Å²) < 4.78 is 0. The number of aromatic nitrogens is 1. The third-order valence-corrected chi connectivity index (χ3v) is 5.03. The zero-order valence-electron chi connectivity index (χ0n) is 12.6. The van der Waals surface area contributed by atoms with Crippen molar-refractivity contribution >= 4 is 29.0 Å². The fourth-order valence-electron chi connectivity index (χ4n) is 2.84. The van der Waals surface area contributed by atoms with Crippen LogP contribution in [-0.2, 0) is 13.0 Å². The zero-order valence-corrected chi connectivity index (χ0v) is 13.4. The average molecular weight is 332 g/mol. The van der Waals surface area contributed by atoms with E-state index in [9.17, 15) is 14.4 Å². The molecule has 0 saturated carbocycles. The summed E-state index contributed by atoms with van der Waals surface area (Å²) in [4.78, 5) is 39.2. The number of Topliss-reactive ketones (excluding diaryl/α,β-unsaturated/α-hetero) is 1. The van der Waals surface area contributed by atoms with E-state index in [2.05, 4.69) is 10.3 Å². The maximum absolute atomic E-state index is 12.3. The van der Waals surface area contributed by atoms with Crippen LogP contribution >= 0.6 is 11.3 Å². The van der Waals surface area contributed by atoms with Crippen molar-refractivity contribution in [2.45, 2.75) is 32.7 Å². The van der Waals surface area contributed by atoms with E-state index < -0.39 is 5.97 Å². The molecule has 0 atom stereocenters. The number of amides is 1. The number of aryl methyl sites for hydroxylation is 1. The number of H-pyrrole nitrogens is 1. The monoisotopic (exact) mass is 332 g/mol. The van der Waals surface area contributed by atoms with Gasteiger partial charge in [-0.1, -0.05) is 0 Å². The molecule has 0 aliphatic heterocycles. The van der Waals surface area contributed by atoms with E-state index in [1.807, 2.05) is 0 Å². The Morgan fingerprint density at radius 2 is 2.13 bits per heavy atom. The maximum Gasteiger partial charge on any atom is 0.345 e. The van der Waals surface area contributed by atoms with Gasteiger partial charge in [-0.25, -0.2) is 4.79 Å². The van der Waals surface area contributed by atoms with Crippen molar-refractivity contribution in [3.8, 4) is 0 Å². The largest absolute Gasteiger partial charge is 0.477 e. The number of carbonyl (C=O) groups is 3. The smallest absolute Gasteiger partial charge is 0.345 e. The second-order valence-electron chi connectivity index (χ2n) is 5.51. The highest BCUT2D eigenvalue weighted by atomic mass is 32.1. The van der Waals surface area contributed by atoms with Crippen LogP contribution in [0, 0.1) is 6.92 Å². The number of carbonyl (C=O) groups excluding carboxylic acids is 2. The number of hydrogen-bond donors (Lipinski definition) is 3. The Balaban J connectivity index is 1.73. The molecule has 0 fully saturated rings. The van der Waals surface area contributed by atoms with Crippen molar-refractivity contribution in [1.82, 2.24) is 10.3 Å². The number of ketones is 1. The zero-order chi connectivity index (χ0) is 16.6. The lowest BCUT2D eigenvalue weighted by atomic mass is 9.94. The van der Waals surface area contributed by atoms with Crippen molar-refractivity contribution < 1.29 is 19.5 Å². The normalized spacial score (nSPS) is 13.7. The lowest BCUT2D eigenvalue weighted by Gasteiger charge is -2.09. The molecule has 0 radical (unpaired) electrons. The molecule has 120 valence electrons. The topological polar surface area (TPSA) is 99.3 Å². The number of aromatic carboxylic acids is 1. The van der Waals surface area contributed by atoms with Crippen LogP contribution in [0.1, 0.15) is 59.5 Å². The van der Waals surface area contributed by atoms with Crippen LogP contribution in [-0.4, -0.2) is 27.8 Å². The van der Waals surface area contributed by atoms with E-state index in [0.29, 0.717) is 23.2 Å². The summed E-state index contributed by atoms with van der Waals surface area (Å²) in [5.41, 5.74) is 2.61. The first-order valence-corrected chi connectivity index (χ1v) is 8.14. The van der Waals surface area contributed by atoms with Gasteiger partial charge in [0.15, 0.2) is 5.78 Å². The molecule has 0 unspecified atom stereocenters. The summed E-state index contributed by atoms with van der Waals surface area (Å²) in [5, 5.41) is 11.7. The van der Waals surface area contributed by atoms with Gasteiger partial charge >= 0.3 is 5.97 Å².